The number of aryl methyl sites for hydroxylation is 2. The van der Waals surface area contributed by atoms with Crippen LogP contribution in [-0.4, -0.2) is 47.0 Å². The molecule has 0 spiro atoms. The zero-order valence-electron chi connectivity index (χ0n) is 19.5. The van der Waals surface area contributed by atoms with E-state index in [2.05, 4.69) is 18.3 Å². The van der Waals surface area contributed by atoms with E-state index in [0.29, 0.717) is 31.6 Å². The Hall–Kier alpha value is -2.84. The molecule has 1 fully saturated rings. The minimum absolute atomic E-state index is 0.194. The van der Waals surface area contributed by atoms with Crippen LogP contribution in [0.25, 0.3) is 0 Å². The van der Waals surface area contributed by atoms with Gasteiger partial charge in [-0.3, -0.25) is 0 Å². The van der Waals surface area contributed by atoms with Crippen molar-refractivity contribution in [3.8, 4) is 0 Å². The summed E-state index contributed by atoms with van der Waals surface area (Å²) in [6.45, 7) is 6.34. The lowest BCUT2D eigenvalue weighted by molar-refractivity contribution is -0.140. The van der Waals surface area contributed by atoms with Gasteiger partial charge >= 0.3 is 12.2 Å². The topological polar surface area (TPSA) is 48.5 Å². The van der Waals surface area contributed by atoms with Gasteiger partial charge in [0.25, 0.3) is 0 Å². The molecule has 1 aromatic carbocycles. The smallest absolute Gasteiger partial charge is 0.370 e. The zero-order chi connectivity index (χ0) is 24.5. The van der Waals surface area contributed by atoms with Gasteiger partial charge in [-0.05, 0) is 73.9 Å². The summed E-state index contributed by atoms with van der Waals surface area (Å²) in [6, 6.07) is 4.40. The molecule has 0 bridgehead atoms. The Kier molecular flexibility index (Phi) is 7.00. The molecular formula is C25H30F4N4O. The molecule has 1 N–H and O–H groups in total. The number of amides is 2. The molecule has 9 heteroatoms. The number of benzene rings is 1. The third kappa shape index (κ3) is 4.98. The summed E-state index contributed by atoms with van der Waals surface area (Å²) >= 11 is 0. The van der Waals surface area contributed by atoms with Gasteiger partial charge in [0.1, 0.15) is 11.6 Å². The van der Waals surface area contributed by atoms with Crippen molar-refractivity contribution < 1.29 is 22.4 Å². The molecule has 2 aromatic rings. The Morgan fingerprint density at radius 1 is 1.21 bits per heavy atom. The van der Waals surface area contributed by atoms with Crippen molar-refractivity contribution in [1.29, 1.82) is 0 Å². The second-order valence-electron chi connectivity index (χ2n) is 9.02. The Morgan fingerprint density at radius 2 is 2.00 bits per heavy atom. The predicted octanol–water partition coefficient (Wildman–Crippen LogP) is 5.73. The minimum Gasteiger partial charge on any atom is -0.370 e. The van der Waals surface area contributed by atoms with Crippen molar-refractivity contribution in [2.24, 2.45) is 0 Å². The van der Waals surface area contributed by atoms with Crippen molar-refractivity contribution in [3.05, 3.63) is 58.0 Å². The first-order valence-corrected chi connectivity index (χ1v) is 11.8. The van der Waals surface area contributed by atoms with Gasteiger partial charge in [-0.25, -0.2) is 14.2 Å². The number of hydrogen-bond donors (Lipinski definition) is 1. The van der Waals surface area contributed by atoms with Crippen molar-refractivity contribution >= 4 is 11.8 Å². The average Bonchev–Trinajstić information content (AvgIpc) is 3.15. The van der Waals surface area contributed by atoms with Gasteiger partial charge in [-0.15, -0.1) is 0 Å². The fourth-order valence-electron chi connectivity index (χ4n) is 4.98. The molecule has 5 nitrogen and oxygen atoms in total. The Labute approximate surface area is 197 Å². The van der Waals surface area contributed by atoms with E-state index in [0.717, 1.165) is 55.9 Å². The fraction of sp³-hybridized carbons (Fsp3) is 0.520. The van der Waals surface area contributed by atoms with Crippen LogP contribution in [0.5, 0.6) is 0 Å². The minimum atomic E-state index is -4.78. The van der Waals surface area contributed by atoms with E-state index in [1.165, 1.54) is 17.2 Å². The number of nitrogens with one attached hydrogen (secondary N) is 1. The molecule has 0 saturated carbocycles. The van der Waals surface area contributed by atoms with Crippen molar-refractivity contribution in [2.45, 2.75) is 58.2 Å². The van der Waals surface area contributed by atoms with Crippen LogP contribution in [-0.2, 0) is 19.0 Å². The maximum Gasteiger partial charge on any atom is 0.419 e. The largest absolute Gasteiger partial charge is 0.419 e. The Balaban J connectivity index is 1.39. The normalized spacial score (nSPS) is 17.1. The summed E-state index contributed by atoms with van der Waals surface area (Å²) in [5.41, 5.74) is 2.51. The van der Waals surface area contributed by atoms with Crippen LogP contribution in [0.3, 0.4) is 0 Å². The van der Waals surface area contributed by atoms with Gasteiger partial charge in [0.05, 0.1) is 11.6 Å². The van der Waals surface area contributed by atoms with E-state index in [1.54, 1.807) is 9.80 Å². The molecule has 34 heavy (non-hydrogen) atoms. The van der Waals surface area contributed by atoms with Crippen molar-refractivity contribution in [1.82, 2.24) is 14.8 Å². The Bertz CT molecular complexity index is 1060. The van der Waals surface area contributed by atoms with E-state index in [1.807, 2.05) is 6.92 Å². The highest BCUT2D eigenvalue weighted by Gasteiger charge is 2.37. The molecule has 1 atom stereocenters. The lowest BCUT2D eigenvalue weighted by Gasteiger charge is -2.28. The van der Waals surface area contributed by atoms with Crippen LogP contribution in [0.2, 0.25) is 0 Å². The van der Waals surface area contributed by atoms with Crippen LogP contribution in [0.4, 0.5) is 28.2 Å². The van der Waals surface area contributed by atoms with Crippen LogP contribution >= 0.6 is 0 Å². The van der Waals surface area contributed by atoms with Gasteiger partial charge in [-0.1, -0.05) is 13.0 Å². The Morgan fingerprint density at radius 3 is 2.74 bits per heavy atom. The van der Waals surface area contributed by atoms with Gasteiger partial charge in [-0.2, -0.15) is 13.2 Å². The molecule has 2 aliphatic heterocycles. The number of rotatable bonds is 7. The summed E-state index contributed by atoms with van der Waals surface area (Å²) in [7, 11) is 0. The first-order chi connectivity index (χ1) is 16.2. The molecule has 2 amide bonds. The van der Waals surface area contributed by atoms with Gasteiger partial charge in [0.2, 0.25) is 0 Å². The summed E-state index contributed by atoms with van der Waals surface area (Å²) < 4.78 is 53.2. The van der Waals surface area contributed by atoms with E-state index >= 15 is 0 Å². The van der Waals surface area contributed by atoms with Gasteiger partial charge in [0, 0.05) is 31.9 Å². The fourth-order valence-corrected chi connectivity index (χ4v) is 4.98. The zero-order valence-corrected chi connectivity index (χ0v) is 19.5. The molecular weight excluding hydrogens is 448 g/mol. The number of carbonyl (C=O) groups excluding carboxylic acids is 1. The number of anilines is 1. The summed E-state index contributed by atoms with van der Waals surface area (Å²) in [5.74, 6) is -0.338. The van der Waals surface area contributed by atoms with Crippen LogP contribution in [0, 0.1) is 12.7 Å². The van der Waals surface area contributed by atoms with Crippen molar-refractivity contribution in [3.63, 3.8) is 0 Å². The van der Waals surface area contributed by atoms with Crippen LogP contribution < -0.4 is 5.32 Å². The summed E-state index contributed by atoms with van der Waals surface area (Å²) in [6.07, 6.45) is -0.709. The summed E-state index contributed by atoms with van der Waals surface area (Å²) in [5, 5.41) is 3.36. The van der Waals surface area contributed by atoms with Crippen LogP contribution in [0.15, 0.2) is 24.3 Å². The highest BCUT2D eigenvalue weighted by molar-refractivity contribution is 5.77. The second kappa shape index (κ2) is 9.80. The van der Waals surface area contributed by atoms with E-state index in [-0.39, 0.29) is 6.03 Å². The maximum atomic E-state index is 13.7. The second-order valence-corrected chi connectivity index (χ2v) is 9.02. The van der Waals surface area contributed by atoms with E-state index in [9.17, 15) is 22.4 Å². The van der Waals surface area contributed by atoms with Gasteiger partial charge < -0.3 is 15.1 Å². The van der Waals surface area contributed by atoms with Crippen LogP contribution in [0.1, 0.15) is 60.2 Å². The number of pyridine rings is 1. The third-order valence-corrected chi connectivity index (χ3v) is 6.73. The lowest BCUT2D eigenvalue weighted by atomic mass is 10.00. The maximum absolute atomic E-state index is 13.7. The first-order valence-electron chi connectivity index (χ1n) is 11.8. The molecule has 0 aliphatic carbocycles. The number of hydrogen-bond acceptors (Lipinski definition) is 3. The standard InChI is InChI=1S/C25H30F4N4O/c1-3-22(17-8-9-21(26)20(15-17)25(27,28)29)33-13-12-32(24(33)34)11-5-6-18-14-16(2)19-7-4-10-30-23(19)31-18/h8-9,14-15,22H,3-7,10-13H2,1-2H3,(H,30,31)/t22-/m0/s1. The number of halogens is 4. The molecule has 1 saturated heterocycles. The lowest BCUT2D eigenvalue weighted by Crippen LogP contribution is -2.35. The molecule has 0 radical (unpaired) electrons. The SMILES string of the molecule is CC[C@@H](c1ccc(F)c(C(F)(F)F)c1)N1CCN(CCCc2cc(C)c3c(n2)NCCC3)C1=O. The first kappa shape index (κ1) is 24.3. The number of nitrogens with zero attached hydrogens (tertiary/aromatic N) is 3. The third-order valence-electron chi connectivity index (χ3n) is 6.73. The number of carbonyl (C=O) groups is 1. The highest BCUT2D eigenvalue weighted by atomic mass is 19.4. The van der Waals surface area contributed by atoms with Gasteiger partial charge in [0.15, 0.2) is 0 Å². The number of fused-ring (bicyclic) bond motifs is 1. The highest BCUT2D eigenvalue weighted by Crippen LogP contribution is 2.35. The number of aromatic nitrogens is 1. The average molecular weight is 479 g/mol. The molecule has 4 rings (SSSR count). The van der Waals surface area contributed by atoms with Crippen molar-refractivity contribution in [2.75, 3.05) is 31.5 Å². The predicted molar refractivity (Wildman–Crippen MR) is 122 cm³/mol. The quantitative estimate of drug-likeness (QED) is 0.518. The molecule has 2 aliphatic rings. The summed E-state index contributed by atoms with van der Waals surface area (Å²) in [4.78, 5) is 21.1. The molecule has 0 unspecified atom stereocenters. The monoisotopic (exact) mass is 478 g/mol. The number of urea groups is 1. The van der Waals surface area contributed by atoms with E-state index in [4.69, 9.17) is 4.98 Å². The van der Waals surface area contributed by atoms with E-state index < -0.39 is 23.6 Å². The molecule has 3 heterocycles. The molecule has 1 aromatic heterocycles. The number of alkyl halides is 3. The molecule has 184 valence electrons.